The molecule has 500 valence electrons. The Hall–Kier alpha value is -7.45. The standard InChI is InChI=1S/C63H86N12O16S/c1-33-31-75-52(53(33)82)58(87)66-30-41(77)28-43(67-54(83)36-9-11-37(12-10-36)59-71-72-60(92-59)38-13-15-40(16-14-38)73-23-19-63(90-3,20-24-73)39-6-4-5-7-39)55(84)68-49(34(2)76)61(88)74-32-42(78)29-44(74)56(85)69-50(57(86)70-51(62(75)89)46(80)18-21-64)47(81)26-35-8-17-45(79)48(27-35)91-25-22-65/h8-17,27,33-34,39,41-44,46-47,49-53,76-82H,4-7,18-26,28-32,64-65H2,1-3H3,(H,66,87)(H,67,83)(H,68,84)(H,69,85)(H,70,86)/t33-,34+,41+,42+,43-,44-,46+,47+,49-,50-,51-,52-,53-/m0/s1. The molecule has 92 heavy (non-hydrogen) atoms. The maximum absolute atomic E-state index is 14.7. The Morgan fingerprint density at radius 2 is 1.39 bits per heavy atom. The summed E-state index contributed by atoms with van der Waals surface area (Å²) < 4.78 is 11.7. The number of β-amino-alcohol motifs (C(OH)–C–C–N with tert-alkyl or cyclic N) is 1. The van der Waals surface area contributed by atoms with E-state index in [1.807, 2.05) is 19.2 Å². The molecule has 4 saturated heterocycles. The van der Waals surface area contributed by atoms with E-state index in [-0.39, 0.29) is 60.9 Å². The lowest BCUT2D eigenvalue weighted by molar-refractivity contribution is -0.147. The van der Waals surface area contributed by atoms with Crippen LogP contribution in [-0.4, -0.2) is 235 Å². The first kappa shape index (κ1) is 68.9. The van der Waals surface area contributed by atoms with Gasteiger partial charge in [-0.1, -0.05) is 49.3 Å². The van der Waals surface area contributed by atoms with Gasteiger partial charge in [-0.05, 0) is 106 Å². The number of carbonyl (C=O) groups excluding carboxylic acids is 7. The summed E-state index contributed by atoms with van der Waals surface area (Å²) in [5, 5.41) is 102. The third kappa shape index (κ3) is 15.8. The van der Waals surface area contributed by atoms with Crippen molar-refractivity contribution in [3.63, 3.8) is 0 Å². The van der Waals surface area contributed by atoms with E-state index >= 15 is 0 Å². The van der Waals surface area contributed by atoms with Gasteiger partial charge in [0, 0.05) is 93.9 Å². The first-order chi connectivity index (χ1) is 44.0. The number of nitrogens with one attached hydrogen (secondary N) is 5. The van der Waals surface area contributed by atoms with Gasteiger partial charge in [-0.25, -0.2) is 0 Å². The number of anilines is 1. The molecule has 7 amide bonds. The zero-order valence-corrected chi connectivity index (χ0v) is 52.6. The van der Waals surface area contributed by atoms with Gasteiger partial charge in [0.15, 0.2) is 11.5 Å². The van der Waals surface area contributed by atoms with Crippen LogP contribution in [-0.2, 0) is 39.9 Å². The number of aromatic nitrogens is 2. The van der Waals surface area contributed by atoms with Crippen molar-refractivity contribution in [3.8, 4) is 32.6 Å². The summed E-state index contributed by atoms with van der Waals surface area (Å²) in [4.78, 5) is 106. The largest absolute Gasteiger partial charge is 0.504 e. The number of aliphatic hydroxyl groups excluding tert-OH is 6. The molecule has 4 aromatic rings. The molecular weight excluding hydrogens is 1210 g/mol. The van der Waals surface area contributed by atoms with E-state index in [1.54, 1.807) is 12.1 Å². The third-order valence-corrected chi connectivity index (χ3v) is 19.5. The summed E-state index contributed by atoms with van der Waals surface area (Å²) in [5.41, 5.74) is 14.2. The van der Waals surface area contributed by atoms with Gasteiger partial charge in [-0.15, -0.1) is 10.2 Å². The van der Waals surface area contributed by atoms with Crippen molar-refractivity contribution in [2.24, 2.45) is 23.3 Å². The summed E-state index contributed by atoms with van der Waals surface area (Å²) >= 11 is 1.35. The van der Waals surface area contributed by atoms with Crippen molar-refractivity contribution in [2.75, 3.05) is 64.4 Å². The van der Waals surface area contributed by atoms with Crippen LogP contribution >= 0.6 is 11.3 Å². The van der Waals surface area contributed by atoms with E-state index in [4.69, 9.17) is 20.9 Å². The molecule has 3 aromatic carbocycles. The van der Waals surface area contributed by atoms with Crippen LogP contribution in [0.15, 0.2) is 66.7 Å². The second-order valence-corrected chi connectivity index (χ2v) is 25.8. The van der Waals surface area contributed by atoms with E-state index in [0.717, 1.165) is 53.9 Å². The molecule has 9 rings (SSSR count). The van der Waals surface area contributed by atoms with Gasteiger partial charge in [0.1, 0.15) is 52.9 Å². The predicted molar refractivity (Wildman–Crippen MR) is 335 cm³/mol. The number of nitrogens with two attached hydrogens (primary N) is 2. The van der Waals surface area contributed by atoms with Crippen LogP contribution in [0.25, 0.3) is 21.1 Å². The molecule has 1 aliphatic carbocycles. The Morgan fingerprint density at radius 1 is 0.761 bits per heavy atom. The van der Waals surface area contributed by atoms with Crippen LogP contribution in [0.3, 0.4) is 0 Å². The number of phenols is 1. The number of piperidine rings is 1. The van der Waals surface area contributed by atoms with E-state index in [1.165, 1.54) is 74.3 Å². The molecule has 1 aromatic heterocycles. The Kier molecular flexibility index (Phi) is 22.9. The molecule has 4 aliphatic heterocycles. The van der Waals surface area contributed by atoms with Crippen LogP contribution in [0, 0.1) is 11.8 Å². The predicted octanol–water partition coefficient (Wildman–Crippen LogP) is -1.61. The molecule has 5 fully saturated rings. The van der Waals surface area contributed by atoms with Gasteiger partial charge in [0.05, 0.1) is 42.2 Å². The lowest BCUT2D eigenvalue weighted by atomic mass is 9.78. The molecule has 28 nitrogen and oxygen atoms in total. The Morgan fingerprint density at radius 3 is 2.02 bits per heavy atom. The summed E-state index contributed by atoms with van der Waals surface area (Å²) in [6.45, 7) is 2.89. The molecule has 5 heterocycles. The average molecular weight is 1300 g/mol. The number of fused-ring (bicyclic) bond motifs is 2. The van der Waals surface area contributed by atoms with Gasteiger partial charge in [-0.2, -0.15) is 0 Å². The quantitative estimate of drug-likeness (QED) is 0.0565. The number of phenolic OH excluding ortho intramolecular Hbond substituents is 1. The maximum atomic E-state index is 14.7. The number of hydrogen-bond donors (Lipinski definition) is 14. The number of benzene rings is 3. The summed E-state index contributed by atoms with van der Waals surface area (Å²) in [6, 6.07) is 7.49. The summed E-state index contributed by atoms with van der Waals surface area (Å²) in [5.74, 6) is -8.02. The number of carbonyl (C=O) groups is 7. The Balaban J connectivity index is 0.957. The van der Waals surface area contributed by atoms with Crippen LogP contribution < -0.4 is 47.7 Å². The molecule has 13 atom stereocenters. The van der Waals surface area contributed by atoms with Gasteiger partial charge in [-0.3, -0.25) is 33.6 Å². The normalized spacial score (nSPS) is 27.4. The molecule has 0 bridgehead atoms. The SMILES string of the molecule is COC1(C2CCCC2)CCN(c2ccc(-c3nnc(-c4ccc(C(=O)N[C@H]5C[C@@H](O)CNC(=O)[C@@H]6[C@@H](O)[C@@H](C)CN6C(=O)[C@H]([C@H](O)CCN)NC(=O)[C@H]([C@H](O)Cc6ccc(O)c(OCCN)c6)NC(=O)[C@@H]6C[C@@H](O)CN6C(=O)[C@H]([C@@H](C)O)NC5=O)cc4)s3)cc2)CC1. The zero-order chi connectivity index (χ0) is 66.1. The van der Waals surface area contributed by atoms with Crippen molar-refractivity contribution in [1.82, 2.24) is 46.6 Å². The van der Waals surface area contributed by atoms with Crippen LogP contribution in [0.4, 0.5) is 5.69 Å². The second-order valence-electron chi connectivity index (χ2n) is 24.8. The Bertz CT molecular complexity index is 3240. The summed E-state index contributed by atoms with van der Waals surface area (Å²) in [6.07, 6.45) is -4.91. The number of aliphatic hydroxyl groups is 6. The van der Waals surface area contributed by atoms with Crippen LogP contribution in [0.1, 0.15) is 87.6 Å². The van der Waals surface area contributed by atoms with Crippen LogP contribution in [0.2, 0.25) is 0 Å². The molecule has 1 saturated carbocycles. The Labute approximate surface area is 536 Å². The number of rotatable bonds is 17. The minimum Gasteiger partial charge on any atom is -0.504 e. The topological polar surface area (TPSA) is 427 Å². The molecule has 0 spiro atoms. The van der Waals surface area contributed by atoms with Crippen molar-refractivity contribution in [3.05, 3.63) is 77.9 Å². The average Bonchev–Trinajstić information content (AvgIpc) is 1.56. The fourth-order valence-electron chi connectivity index (χ4n) is 13.2. The van der Waals surface area contributed by atoms with E-state index in [0.29, 0.717) is 21.5 Å². The maximum Gasteiger partial charge on any atom is 0.251 e. The molecule has 16 N–H and O–H groups in total. The lowest BCUT2D eigenvalue weighted by Crippen LogP contribution is -2.64. The highest BCUT2D eigenvalue weighted by Crippen LogP contribution is 2.43. The number of amides is 7. The number of hydrogen-bond acceptors (Lipinski definition) is 22. The van der Waals surface area contributed by atoms with Gasteiger partial charge < -0.3 is 98.0 Å². The molecule has 5 aliphatic rings. The van der Waals surface area contributed by atoms with Crippen molar-refractivity contribution in [2.45, 2.75) is 157 Å². The van der Waals surface area contributed by atoms with Gasteiger partial charge >= 0.3 is 0 Å². The van der Waals surface area contributed by atoms with E-state index < -0.39 is 152 Å². The first-order valence-electron chi connectivity index (χ1n) is 31.4. The second kappa shape index (κ2) is 30.5. The minimum atomic E-state index is -2.04. The lowest BCUT2D eigenvalue weighted by Gasteiger charge is -2.45. The highest BCUT2D eigenvalue weighted by atomic mass is 32.1. The van der Waals surface area contributed by atoms with Crippen molar-refractivity contribution in [1.29, 1.82) is 0 Å². The fraction of sp³-hybridized carbons (Fsp3) is 0.571. The minimum absolute atomic E-state index is 0.00422. The van der Waals surface area contributed by atoms with E-state index in [9.17, 15) is 69.3 Å². The molecule has 0 radical (unpaired) electrons. The number of methoxy groups -OCH3 is 1. The monoisotopic (exact) mass is 1300 g/mol. The van der Waals surface area contributed by atoms with Crippen molar-refractivity contribution >= 4 is 58.4 Å². The molecule has 0 unspecified atom stereocenters. The number of ether oxygens (including phenoxy) is 2. The number of aromatic hydroxyl groups is 1. The first-order valence-corrected chi connectivity index (χ1v) is 32.2. The third-order valence-electron chi connectivity index (χ3n) is 18.5. The zero-order valence-electron chi connectivity index (χ0n) is 51.8. The fourth-order valence-corrected chi connectivity index (χ4v) is 14.1. The highest BCUT2D eigenvalue weighted by Gasteiger charge is 2.50. The number of nitrogens with zero attached hydrogens (tertiary/aromatic N) is 5. The van der Waals surface area contributed by atoms with Crippen LogP contribution in [0.5, 0.6) is 11.5 Å². The molecule has 29 heteroatoms. The smallest absolute Gasteiger partial charge is 0.251 e. The van der Waals surface area contributed by atoms with Crippen molar-refractivity contribution < 1.29 is 78.8 Å². The highest BCUT2D eigenvalue weighted by molar-refractivity contribution is 7.17. The van der Waals surface area contributed by atoms with E-state index in [2.05, 4.69) is 53.8 Å². The molecular formula is C63H86N12O16S. The van der Waals surface area contributed by atoms with Gasteiger partial charge in [0.2, 0.25) is 35.4 Å². The van der Waals surface area contributed by atoms with Gasteiger partial charge in [0.25, 0.3) is 5.91 Å². The summed E-state index contributed by atoms with van der Waals surface area (Å²) in [7, 11) is 1.85.